The highest BCUT2D eigenvalue weighted by atomic mass is 79.9. The lowest BCUT2D eigenvalue weighted by atomic mass is 10.2. The van der Waals surface area contributed by atoms with Gasteiger partial charge in [0, 0.05) is 9.86 Å². The van der Waals surface area contributed by atoms with Crippen LogP contribution in [0.4, 0.5) is 0 Å². The smallest absolute Gasteiger partial charge is 0.146 e. The molecule has 0 aliphatic heterocycles. The summed E-state index contributed by atoms with van der Waals surface area (Å²) in [6.45, 7) is 0. The first-order valence-electron chi connectivity index (χ1n) is 5.98. The van der Waals surface area contributed by atoms with Crippen molar-refractivity contribution in [2.24, 2.45) is 0 Å². The largest absolute Gasteiger partial charge is 0.456 e. The lowest BCUT2D eigenvalue weighted by Crippen LogP contribution is -1.87. The standard InChI is InChI=1S/C16H9BrN2O/c17-13-5-11(9-18)6-14(8-13)20-15-7-12-3-1-2-4-16(12)19-10-15/h1-8,10H. The van der Waals surface area contributed by atoms with Crippen molar-refractivity contribution in [1.29, 1.82) is 5.26 Å². The van der Waals surface area contributed by atoms with Gasteiger partial charge in [-0.05, 0) is 30.3 Å². The Bertz CT molecular complexity index is 824. The number of ether oxygens (including phenoxy) is 1. The normalized spacial score (nSPS) is 10.2. The summed E-state index contributed by atoms with van der Waals surface area (Å²) in [7, 11) is 0. The van der Waals surface area contributed by atoms with Crippen LogP contribution in [0, 0.1) is 11.3 Å². The van der Waals surface area contributed by atoms with Crippen LogP contribution < -0.4 is 4.74 Å². The molecule has 0 aliphatic carbocycles. The van der Waals surface area contributed by atoms with E-state index < -0.39 is 0 Å². The van der Waals surface area contributed by atoms with Crippen LogP contribution in [0.1, 0.15) is 5.56 Å². The lowest BCUT2D eigenvalue weighted by molar-refractivity contribution is 0.481. The van der Waals surface area contributed by atoms with Crippen molar-refractivity contribution in [1.82, 2.24) is 4.98 Å². The molecule has 0 spiro atoms. The zero-order chi connectivity index (χ0) is 13.9. The molecule has 0 unspecified atom stereocenters. The van der Waals surface area contributed by atoms with Crippen molar-refractivity contribution < 1.29 is 4.74 Å². The van der Waals surface area contributed by atoms with Gasteiger partial charge in [-0.2, -0.15) is 5.26 Å². The molecule has 3 rings (SSSR count). The van der Waals surface area contributed by atoms with E-state index in [2.05, 4.69) is 27.0 Å². The molecule has 1 heterocycles. The first kappa shape index (κ1) is 12.6. The Morgan fingerprint density at radius 1 is 1.05 bits per heavy atom. The summed E-state index contributed by atoms with van der Waals surface area (Å²) in [6, 6.07) is 17.1. The van der Waals surface area contributed by atoms with Gasteiger partial charge in [0.25, 0.3) is 0 Å². The molecule has 0 aliphatic rings. The van der Waals surface area contributed by atoms with Crippen molar-refractivity contribution in [3.63, 3.8) is 0 Å². The Labute approximate surface area is 124 Å². The van der Waals surface area contributed by atoms with Crippen molar-refractivity contribution in [3.05, 3.63) is 64.8 Å². The van der Waals surface area contributed by atoms with Crippen LogP contribution in [0.15, 0.2) is 59.2 Å². The van der Waals surface area contributed by atoms with Crippen molar-refractivity contribution >= 4 is 26.8 Å². The van der Waals surface area contributed by atoms with Gasteiger partial charge in [-0.3, -0.25) is 4.98 Å². The van der Waals surface area contributed by atoms with E-state index in [1.54, 1.807) is 18.3 Å². The molecule has 2 aromatic carbocycles. The fraction of sp³-hybridized carbons (Fsp3) is 0. The third-order valence-corrected chi connectivity index (χ3v) is 3.26. The first-order valence-corrected chi connectivity index (χ1v) is 6.77. The molecule has 1 aromatic heterocycles. The monoisotopic (exact) mass is 324 g/mol. The van der Waals surface area contributed by atoms with Crippen LogP contribution in [0.2, 0.25) is 0 Å². The molecule has 0 radical (unpaired) electrons. The minimum absolute atomic E-state index is 0.545. The van der Waals surface area contributed by atoms with E-state index in [1.807, 2.05) is 36.4 Å². The number of pyridine rings is 1. The summed E-state index contributed by atoms with van der Waals surface area (Å²) in [5, 5.41) is 9.97. The van der Waals surface area contributed by atoms with Crippen LogP contribution in [0.5, 0.6) is 11.5 Å². The number of hydrogen-bond donors (Lipinski definition) is 0. The molecule has 0 amide bonds. The second kappa shape index (κ2) is 5.32. The Balaban J connectivity index is 1.97. The number of para-hydroxylation sites is 1. The second-order valence-corrected chi connectivity index (χ2v) is 5.17. The summed E-state index contributed by atoms with van der Waals surface area (Å²) < 4.78 is 6.57. The van der Waals surface area contributed by atoms with E-state index in [0.29, 0.717) is 17.1 Å². The highest BCUT2D eigenvalue weighted by molar-refractivity contribution is 9.10. The van der Waals surface area contributed by atoms with Crippen LogP contribution in [-0.4, -0.2) is 4.98 Å². The van der Waals surface area contributed by atoms with Gasteiger partial charge in [-0.1, -0.05) is 34.1 Å². The van der Waals surface area contributed by atoms with E-state index in [9.17, 15) is 0 Å². The molecule has 3 nitrogen and oxygen atoms in total. The summed E-state index contributed by atoms with van der Waals surface area (Å²) >= 11 is 3.36. The SMILES string of the molecule is N#Cc1cc(Br)cc(Oc2cnc3ccccc3c2)c1. The van der Waals surface area contributed by atoms with Gasteiger partial charge in [0.05, 0.1) is 23.3 Å². The molecule has 0 saturated heterocycles. The van der Waals surface area contributed by atoms with Crippen molar-refractivity contribution in [2.45, 2.75) is 0 Å². The van der Waals surface area contributed by atoms with Crippen molar-refractivity contribution in [2.75, 3.05) is 0 Å². The minimum Gasteiger partial charge on any atom is -0.456 e. The summed E-state index contributed by atoms with van der Waals surface area (Å²) in [6.07, 6.45) is 1.68. The molecule has 20 heavy (non-hydrogen) atoms. The highest BCUT2D eigenvalue weighted by Gasteiger charge is 2.03. The number of hydrogen-bond acceptors (Lipinski definition) is 3. The molecule has 96 valence electrons. The molecular formula is C16H9BrN2O. The number of rotatable bonds is 2. The van der Waals surface area contributed by atoms with Gasteiger partial charge < -0.3 is 4.74 Å². The maximum atomic E-state index is 8.96. The predicted molar refractivity (Wildman–Crippen MR) is 80.7 cm³/mol. The van der Waals surface area contributed by atoms with Crippen LogP contribution in [0.25, 0.3) is 10.9 Å². The number of halogens is 1. The maximum Gasteiger partial charge on any atom is 0.146 e. The van der Waals surface area contributed by atoms with Gasteiger partial charge in [0.1, 0.15) is 11.5 Å². The average molecular weight is 325 g/mol. The molecule has 0 atom stereocenters. The highest BCUT2D eigenvalue weighted by Crippen LogP contribution is 2.27. The van der Waals surface area contributed by atoms with Crippen LogP contribution in [-0.2, 0) is 0 Å². The molecule has 0 N–H and O–H groups in total. The third-order valence-electron chi connectivity index (χ3n) is 2.80. The third kappa shape index (κ3) is 2.63. The molecule has 4 heteroatoms. The Kier molecular flexibility index (Phi) is 3.36. The zero-order valence-electron chi connectivity index (χ0n) is 10.4. The van der Waals surface area contributed by atoms with Crippen molar-refractivity contribution in [3.8, 4) is 17.6 Å². The van der Waals surface area contributed by atoms with E-state index in [0.717, 1.165) is 15.4 Å². The number of aromatic nitrogens is 1. The number of benzene rings is 2. The Hall–Kier alpha value is -2.38. The fourth-order valence-electron chi connectivity index (χ4n) is 1.93. The second-order valence-electron chi connectivity index (χ2n) is 4.25. The fourth-order valence-corrected chi connectivity index (χ4v) is 2.40. The molecule has 0 saturated carbocycles. The summed E-state index contributed by atoms with van der Waals surface area (Å²) in [5.74, 6) is 1.25. The quantitative estimate of drug-likeness (QED) is 0.688. The van der Waals surface area contributed by atoms with Gasteiger partial charge in [-0.15, -0.1) is 0 Å². The van der Waals surface area contributed by atoms with E-state index in [-0.39, 0.29) is 0 Å². The summed E-state index contributed by atoms with van der Waals surface area (Å²) in [4.78, 5) is 4.34. The maximum absolute atomic E-state index is 8.96. The van der Waals surface area contributed by atoms with Gasteiger partial charge in [0.2, 0.25) is 0 Å². The van der Waals surface area contributed by atoms with Crippen LogP contribution in [0.3, 0.4) is 0 Å². The predicted octanol–water partition coefficient (Wildman–Crippen LogP) is 4.66. The Morgan fingerprint density at radius 3 is 2.75 bits per heavy atom. The van der Waals surface area contributed by atoms with E-state index in [4.69, 9.17) is 10.00 Å². The average Bonchev–Trinajstić information content (AvgIpc) is 2.46. The Morgan fingerprint density at radius 2 is 1.90 bits per heavy atom. The topological polar surface area (TPSA) is 45.9 Å². The van der Waals surface area contributed by atoms with E-state index >= 15 is 0 Å². The van der Waals surface area contributed by atoms with E-state index in [1.165, 1.54) is 0 Å². The number of nitriles is 1. The molecule has 0 bridgehead atoms. The zero-order valence-corrected chi connectivity index (χ0v) is 12.0. The summed E-state index contributed by atoms with van der Waals surface area (Å²) in [5.41, 5.74) is 1.47. The molecular weight excluding hydrogens is 316 g/mol. The lowest BCUT2D eigenvalue weighted by Gasteiger charge is -2.07. The number of fused-ring (bicyclic) bond motifs is 1. The van der Waals surface area contributed by atoms with Gasteiger partial charge in [0.15, 0.2) is 0 Å². The van der Waals surface area contributed by atoms with Crippen LogP contribution >= 0.6 is 15.9 Å². The van der Waals surface area contributed by atoms with Gasteiger partial charge >= 0.3 is 0 Å². The molecule has 3 aromatic rings. The number of nitrogens with zero attached hydrogens (tertiary/aromatic N) is 2. The van der Waals surface area contributed by atoms with Gasteiger partial charge in [-0.25, -0.2) is 0 Å². The minimum atomic E-state index is 0.545. The first-order chi connectivity index (χ1) is 9.74. The molecule has 0 fully saturated rings.